The molecule has 0 unspecified atom stereocenters. The lowest BCUT2D eigenvalue weighted by molar-refractivity contribution is 0.590. The van der Waals surface area contributed by atoms with E-state index in [4.69, 9.17) is 4.11 Å². The van der Waals surface area contributed by atoms with Gasteiger partial charge in [-0.05, 0) is 116 Å². The van der Waals surface area contributed by atoms with Gasteiger partial charge < -0.3 is 13.7 Å². The molecule has 67 heavy (non-hydrogen) atoms. The highest BCUT2D eigenvalue weighted by molar-refractivity contribution is 7.20. The van der Waals surface area contributed by atoms with E-state index in [0.717, 1.165) is 44.2 Å². The highest BCUT2D eigenvalue weighted by atomic mass is 28.3. The van der Waals surface area contributed by atoms with Gasteiger partial charge in [-0.15, -0.1) is 0 Å². The molecule has 0 saturated heterocycles. The van der Waals surface area contributed by atoms with Gasteiger partial charge >= 0.3 is 0 Å². The molecule has 0 radical (unpaired) electrons. The molecule has 0 spiro atoms. The van der Waals surface area contributed by atoms with Gasteiger partial charge in [-0.3, -0.25) is 0 Å². The Morgan fingerprint density at radius 3 is 1.15 bits per heavy atom. The molecule has 3 nitrogen and oxygen atoms in total. The van der Waals surface area contributed by atoms with E-state index in [1.54, 1.807) is 4.57 Å². The second-order valence-electron chi connectivity index (χ2n) is 20.5. The lowest BCUT2D eigenvalue weighted by Crippen LogP contribution is -2.74. The van der Waals surface area contributed by atoms with Crippen molar-refractivity contribution >= 4 is 94.2 Å². The fraction of sp³-hybridized carbons (Fsp3) is 0.143. The number of hydrogen-bond acceptors (Lipinski definition) is 0. The van der Waals surface area contributed by atoms with Crippen LogP contribution < -0.4 is 20.7 Å². The SMILES string of the molecule is [2H]C([2H])([2H])n1c2ccc(-n3c4ccc(C(C)(C)C)cc4c4cc(C(C)(C)C)ccc43)cc2c2cc(-n3c4ccccc4c4cc([Si](c5ccccc5)(c5ccccc5)c5ccccc5)ccc43)ccc21. The summed E-state index contributed by atoms with van der Waals surface area (Å²) in [4.78, 5) is 0. The average Bonchev–Trinajstić information content (AvgIpc) is 3.99. The van der Waals surface area contributed by atoms with E-state index >= 15 is 0 Å². The molecule has 4 heteroatoms. The Morgan fingerprint density at radius 2 is 0.701 bits per heavy atom. The third-order valence-electron chi connectivity index (χ3n) is 14.5. The van der Waals surface area contributed by atoms with E-state index in [0.29, 0.717) is 11.0 Å². The van der Waals surface area contributed by atoms with Crippen LogP contribution in [0, 0.1) is 0 Å². The number of aromatic nitrogens is 3. The first-order chi connectivity index (χ1) is 33.6. The summed E-state index contributed by atoms with van der Waals surface area (Å²) >= 11 is 0. The minimum Gasteiger partial charge on any atom is -0.344 e. The van der Waals surface area contributed by atoms with Crippen molar-refractivity contribution in [3.63, 3.8) is 0 Å². The van der Waals surface area contributed by atoms with Crippen LogP contribution >= 0.6 is 0 Å². The maximum atomic E-state index is 8.86. The quantitative estimate of drug-likeness (QED) is 0.117. The fourth-order valence-electron chi connectivity index (χ4n) is 11.1. The van der Waals surface area contributed by atoms with Crippen LogP contribution in [0.4, 0.5) is 0 Å². The van der Waals surface area contributed by atoms with Gasteiger partial charge in [0.25, 0.3) is 0 Å². The normalized spacial score (nSPS) is 13.6. The second-order valence-corrected chi connectivity index (χ2v) is 24.3. The van der Waals surface area contributed by atoms with Crippen LogP contribution in [0.3, 0.4) is 0 Å². The van der Waals surface area contributed by atoms with Gasteiger partial charge in [-0.2, -0.15) is 0 Å². The molecular weight excluding hydrogens is 827 g/mol. The molecule has 0 aliphatic carbocycles. The summed E-state index contributed by atoms with van der Waals surface area (Å²) < 4.78 is 32.8. The van der Waals surface area contributed by atoms with E-state index in [1.807, 2.05) is 12.1 Å². The van der Waals surface area contributed by atoms with Crippen molar-refractivity contribution in [3.05, 3.63) is 217 Å². The van der Waals surface area contributed by atoms with Gasteiger partial charge in [-0.25, -0.2) is 0 Å². The Balaban J connectivity index is 1.10. The third-order valence-corrected chi connectivity index (χ3v) is 19.2. The number of hydrogen-bond donors (Lipinski definition) is 0. The van der Waals surface area contributed by atoms with Crippen molar-refractivity contribution in [1.29, 1.82) is 0 Å². The third kappa shape index (κ3) is 6.30. The summed E-state index contributed by atoms with van der Waals surface area (Å²) in [6.07, 6.45) is 0. The molecule has 0 bridgehead atoms. The van der Waals surface area contributed by atoms with Crippen molar-refractivity contribution in [2.75, 3.05) is 0 Å². The molecule has 0 aliphatic rings. The first-order valence-corrected chi connectivity index (χ1v) is 25.5. The van der Waals surface area contributed by atoms with Gasteiger partial charge in [0.05, 0.1) is 22.1 Å². The zero-order valence-corrected chi connectivity index (χ0v) is 40.0. The number of benzene rings is 9. The van der Waals surface area contributed by atoms with Crippen LogP contribution in [0.1, 0.15) is 56.8 Å². The second kappa shape index (κ2) is 15.1. The number of aryl methyl sites for hydroxylation is 1. The average molecular weight is 885 g/mol. The first-order valence-electron chi connectivity index (χ1n) is 25.0. The lowest BCUT2D eigenvalue weighted by Gasteiger charge is -2.34. The van der Waals surface area contributed by atoms with Gasteiger partial charge in [0.1, 0.15) is 0 Å². The molecule has 0 saturated carbocycles. The Morgan fingerprint density at radius 1 is 0.328 bits per heavy atom. The molecule has 12 rings (SSSR count). The summed E-state index contributed by atoms with van der Waals surface area (Å²) in [7, 11) is -2.81. The van der Waals surface area contributed by atoms with Gasteiger partial charge in [-0.1, -0.05) is 175 Å². The molecule has 9 aromatic carbocycles. The number of rotatable bonds is 6. The number of nitrogens with zero attached hydrogens (tertiary/aromatic N) is 3. The maximum Gasteiger partial charge on any atom is 0.179 e. The van der Waals surface area contributed by atoms with E-state index < -0.39 is 15.0 Å². The number of para-hydroxylation sites is 1. The molecule has 3 aromatic heterocycles. The molecule has 0 N–H and O–H groups in total. The van der Waals surface area contributed by atoms with E-state index in [9.17, 15) is 0 Å². The molecule has 3 heterocycles. The lowest BCUT2D eigenvalue weighted by atomic mass is 9.85. The maximum absolute atomic E-state index is 8.86. The summed E-state index contributed by atoms with van der Waals surface area (Å²) in [5.41, 5.74) is 10.3. The topological polar surface area (TPSA) is 14.8 Å². The van der Waals surface area contributed by atoms with Crippen molar-refractivity contribution in [1.82, 2.24) is 13.7 Å². The Bertz CT molecular complexity index is 3830. The zero-order valence-electron chi connectivity index (χ0n) is 42.0. The zero-order chi connectivity index (χ0) is 48.3. The first kappa shape index (κ1) is 37.8. The molecule has 326 valence electrons. The van der Waals surface area contributed by atoms with Gasteiger partial charge in [0, 0.05) is 65.8 Å². The monoisotopic (exact) mass is 884 g/mol. The molecule has 0 fully saturated rings. The van der Waals surface area contributed by atoms with Crippen LogP contribution in [0.5, 0.6) is 0 Å². The van der Waals surface area contributed by atoms with Crippen molar-refractivity contribution in [3.8, 4) is 11.4 Å². The summed E-state index contributed by atoms with van der Waals surface area (Å²) in [6.45, 7) is 11.2. The van der Waals surface area contributed by atoms with Crippen LogP contribution in [0.2, 0.25) is 0 Å². The summed E-state index contributed by atoms with van der Waals surface area (Å²) in [6, 6.07) is 75.4. The van der Waals surface area contributed by atoms with E-state index in [2.05, 4.69) is 245 Å². The predicted molar refractivity (Wildman–Crippen MR) is 290 cm³/mol. The van der Waals surface area contributed by atoms with Crippen LogP contribution in [-0.2, 0) is 17.8 Å². The Labute approximate surface area is 398 Å². The fourth-order valence-corrected chi connectivity index (χ4v) is 15.8. The van der Waals surface area contributed by atoms with E-state index in [1.165, 1.54) is 53.4 Å². The van der Waals surface area contributed by atoms with E-state index in [-0.39, 0.29) is 10.8 Å². The summed E-state index contributed by atoms with van der Waals surface area (Å²) in [5.74, 6) is 0. The standard InChI is InChI=1S/C63H55N3Si/c1-62(2,3)42-27-32-59-51(37-42)52-38-43(63(4,5)6)28-33-60(52)66(59)45-30-35-57-54(40-45)53-39-44(29-34-56(53)64(57)7)65-58-26-18-17-25-50(58)55-41-49(31-36-61(55)65)67(46-19-11-8-12-20-46,47-21-13-9-14-22-47)48-23-15-10-16-24-48/h8-41H,1-7H3/i7D3. The van der Waals surface area contributed by atoms with Crippen LogP contribution in [-0.4, -0.2) is 21.8 Å². The smallest absolute Gasteiger partial charge is 0.179 e. The highest BCUT2D eigenvalue weighted by Crippen LogP contribution is 2.40. The van der Waals surface area contributed by atoms with Gasteiger partial charge in [0.2, 0.25) is 0 Å². The molecule has 0 atom stereocenters. The van der Waals surface area contributed by atoms with Crippen LogP contribution in [0.25, 0.3) is 76.8 Å². The molecular formula is C63H55N3Si. The largest absolute Gasteiger partial charge is 0.344 e. The van der Waals surface area contributed by atoms with Gasteiger partial charge in [0.15, 0.2) is 8.07 Å². The number of fused-ring (bicyclic) bond motifs is 9. The minimum absolute atomic E-state index is 0.0184. The molecule has 0 aliphatic heterocycles. The van der Waals surface area contributed by atoms with Crippen LogP contribution in [0.15, 0.2) is 206 Å². The van der Waals surface area contributed by atoms with Crippen molar-refractivity contribution in [2.24, 2.45) is 6.98 Å². The van der Waals surface area contributed by atoms with Crippen molar-refractivity contribution < 1.29 is 4.11 Å². The highest BCUT2D eigenvalue weighted by Gasteiger charge is 2.41. The Kier molecular flexibility index (Phi) is 8.49. The molecule has 12 aromatic rings. The minimum atomic E-state index is -2.81. The summed E-state index contributed by atoms with van der Waals surface area (Å²) in [5, 5.41) is 11.9. The molecule has 0 amide bonds. The predicted octanol–water partition coefficient (Wildman–Crippen LogP) is 13.5. The Hall–Kier alpha value is -7.40. The van der Waals surface area contributed by atoms with Crippen molar-refractivity contribution in [2.45, 2.75) is 52.4 Å².